The van der Waals surface area contributed by atoms with E-state index in [4.69, 9.17) is 24.1 Å². The lowest BCUT2D eigenvalue weighted by Crippen LogP contribution is -2.34. The minimum absolute atomic E-state index is 0.0519. The van der Waals surface area contributed by atoms with Crippen molar-refractivity contribution in [2.75, 3.05) is 42.3 Å². The fourth-order valence-corrected chi connectivity index (χ4v) is 5.07. The number of anilines is 2. The van der Waals surface area contributed by atoms with E-state index in [0.717, 1.165) is 48.3 Å². The van der Waals surface area contributed by atoms with Crippen molar-refractivity contribution in [3.63, 3.8) is 0 Å². The van der Waals surface area contributed by atoms with E-state index < -0.39 is 28.6 Å². The van der Waals surface area contributed by atoms with Crippen molar-refractivity contribution in [2.45, 2.75) is 52.5 Å². The van der Waals surface area contributed by atoms with Crippen LogP contribution in [0.3, 0.4) is 0 Å². The Morgan fingerprint density at radius 1 is 1.02 bits per heavy atom. The normalized spacial score (nSPS) is 11.1. The lowest BCUT2D eigenvalue weighted by molar-refractivity contribution is -0.142. The first-order valence-corrected chi connectivity index (χ1v) is 18.8. The van der Waals surface area contributed by atoms with Gasteiger partial charge >= 0.3 is 12.1 Å². The molecular weight excluding hydrogens is 707 g/mol. The molecule has 53 heavy (non-hydrogen) atoms. The molecule has 0 saturated carbocycles. The molecule has 0 aliphatic rings. The summed E-state index contributed by atoms with van der Waals surface area (Å²) in [5.74, 6) is -0.00171. The Labute approximate surface area is 309 Å². The Kier molecular flexibility index (Phi) is 17.3. The lowest BCUT2D eigenvalue weighted by atomic mass is 10.1. The van der Waals surface area contributed by atoms with Crippen LogP contribution in [0, 0.1) is 0 Å². The summed E-state index contributed by atoms with van der Waals surface area (Å²) >= 11 is 0. The molecule has 0 bridgehead atoms. The zero-order valence-corrected chi connectivity index (χ0v) is 30.9. The van der Waals surface area contributed by atoms with Crippen molar-refractivity contribution in [2.24, 2.45) is 12.1 Å². The van der Waals surface area contributed by atoms with Gasteiger partial charge in [0.1, 0.15) is 11.6 Å². The van der Waals surface area contributed by atoms with Gasteiger partial charge in [0.05, 0.1) is 55.8 Å². The van der Waals surface area contributed by atoms with E-state index in [-0.39, 0.29) is 31.4 Å². The Hall–Kier alpha value is -5.39. The van der Waals surface area contributed by atoms with Crippen molar-refractivity contribution in [1.29, 1.82) is 0 Å². The monoisotopic (exact) mass is 753 g/mol. The van der Waals surface area contributed by atoms with Crippen molar-refractivity contribution >= 4 is 56.8 Å². The first-order valence-electron chi connectivity index (χ1n) is 17.1. The van der Waals surface area contributed by atoms with Gasteiger partial charge in [-0.3, -0.25) is 19.0 Å². The molecule has 4 rings (SSSR count). The first kappa shape index (κ1) is 42.0. The first-order chi connectivity index (χ1) is 25.4. The minimum Gasteiger partial charge on any atom is -0.466 e. The number of pyridine rings is 1. The van der Waals surface area contributed by atoms with Crippen molar-refractivity contribution in [3.8, 4) is 0 Å². The number of unbranched alkanes of at least 4 members (excludes halogenated alkanes) is 3. The second kappa shape index (κ2) is 21.9. The highest BCUT2D eigenvalue weighted by atomic mass is 32.2. The third-order valence-electron chi connectivity index (χ3n) is 7.55. The summed E-state index contributed by atoms with van der Waals surface area (Å²) in [5.41, 5.74) is 6.07. The highest BCUT2D eigenvalue weighted by molar-refractivity contribution is 7.85. The highest BCUT2D eigenvalue weighted by Gasteiger charge is 2.21. The predicted molar refractivity (Wildman–Crippen MR) is 201 cm³/mol. The van der Waals surface area contributed by atoms with Crippen molar-refractivity contribution in [1.82, 2.24) is 20.0 Å². The SMILES string of the molecule is CCCCCCOC(=O)N/N=C/c1ccc(NCc2nc3cc(C(=O)N(CCC(=O)OCC)c4ccccn4)ccc3n2C)cc1.O=S(=O)(O)CCO. The molecule has 0 unspecified atom stereocenters. The molecular formula is C36H47N7O9S. The number of ether oxygens (including phenoxy) is 2. The van der Waals surface area contributed by atoms with Crippen LogP contribution in [0.15, 0.2) is 72.0 Å². The maximum atomic E-state index is 13.6. The number of rotatable bonds is 18. The number of benzene rings is 2. The van der Waals surface area contributed by atoms with Gasteiger partial charge < -0.3 is 24.5 Å². The predicted octanol–water partition coefficient (Wildman–Crippen LogP) is 4.69. The molecule has 4 aromatic rings. The number of hydrogen-bond acceptors (Lipinski definition) is 12. The molecule has 2 heterocycles. The fraction of sp³-hybridized carbons (Fsp3) is 0.389. The van der Waals surface area contributed by atoms with Crippen LogP contribution in [0.25, 0.3) is 11.0 Å². The highest BCUT2D eigenvalue weighted by Crippen LogP contribution is 2.21. The van der Waals surface area contributed by atoms with Gasteiger partial charge in [-0.2, -0.15) is 13.5 Å². The number of aliphatic hydroxyl groups excluding tert-OH is 1. The van der Waals surface area contributed by atoms with Crippen LogP contribution in [0.5, 0.6) is 0 Å². The number of aromatic nitrogens is 3. The fourth-order valence-electron chi connectivity index (χ4n) is 4.84. The number of nitrogens with zero attached hydrogens (tertiary/aromatic N) is 5. The molecule has 4 N–H and O–H groups in total. The number of carbonyl (C=O) groups is 3. The molecule has 0 saturated heterocycles. The number of fused-ring (bicyclic) bond motifs is 1. The van der Waals surface area contributed by atoms with Crippen LogP contribution in [0.2, 0.25) is 0 Å². The molecule has 2 amide bonds. The van der Waals surface area contributed by atoms with E-state index in [0.29, 0.717) is 30.0 Å². The van der Waals surface area contributed by atoms with Crippen LogP contribution in [-0.4, -0.2) is 88.9 Å². The molecule has 0 radical (unpaired) electrons. The summed E-state index contributed by atoms with van der Waals surface area (Å²) in [6.07, 6.45) is 6.79. The lowest BCUT2D eigenvalue weighted by Gasteiger charge is -2.21. The van der Waals surface area contributed by atoms with Gasteiger partial charge in [-0.05, 0) is 61.4 Å². The number of nitrogens with one attached hydrogen (secondary N) is 2. The quantitative estimate of drug-likeness (QED) is 0.0358. The van der Waals surface area contributed by atoms with Crippen molar-refractivity contribution in [3.05, 3.63) is 83.8 Å². The third kappa shape index (κ3) is 14.6. The van der Waals surface area contributed by atoms with E-state index in [1.165, 1.54) is 4.90 Å². The molecule has 286 valence electrons. The Balaban J connectivity index is 0.000000980. The molecule has 2 aromatic carbocycles. The van der Waals surface area contributed by atoms with E-state index in [1.807, 2.05) is 41.9 Å². The molecule has 17 heteroatoms. The average molecular weight is 754 g/mol. The number of esters is 1. The Bertz CT molecular complexity index is 1900. The van der Waals surface area contributed by atoms with E-state index in [1.54, 1.807) is 49.7 Å². The molecule has 2 aromatic heterocycles. The van der Waals surface area contributed by atoms with Gasteiger partial charge in [-0.15, -0.1) is 0 Å². The zero-order valence-electron chi connectivity index (χ0n) is 30.1. The standard InChI is InChI=1S/C34H41N7O5.C2H6O4S/c1-4-6-7-10-21-46-34(44)39-37-23-25-12-15-27(16-13-25)36-24-31-38-28-22-26(14-17-29(28)40(31)3)33(43)41(20-18-32(42)45-5-2)30-11-8-9-19-35-30;3-1-2-7(4,5)6/h8-9,11-17,19,22-23,36H,4-7,10,18,20-21,24H2,1-3H3,(H,39,44);3H,1-2H2,(H,4,5,6)/b37-23+;. The number of carbonyl (C=O) groups excluding carboxylic acids is 3. The van der Waals surface area contributed by atoms with Crippen molar-refractivity contribution < 1.29 is 41.9 Å². The van der Waals surface area contributed by atoms with Gasteiger partial charge in [-0.25, -0.2) is 20.2 Å². The molecule has 16 nitrogen and oxygen atoms in total. The number of amides is 2. The van der Waals surface area contributed by atoms with Crippen LogP contribution < -0.4 is 15.6 Å². The topological polar surface area (TPSA) is 215 Å². The summed E-state index contributed by atoms with van der Waals surface area (Å²) in [7, 11) is -2.00. The average Bonchev–Trinajstić information content (AvgIpc) is 3.45. The second-order valence-corrected chi connectivity index (χ2v) is 13.1. The summed E-state index contributed by atoms with van der Waals surface area (Å²) in [4.78, 5) is 48.0. The number of aliphatic hydroxyl groups is 1. The second-order valence-electron chi connectivity index (χ2n) is 11.5. The number of hydrazone groups is 1. The maximum absolute atomic E-state index is 13.6. The third-order valence-corrected chi connectivity index (χ3v) is 8.25. The number of hydrogen-bond donors (Lipinski definition) is 4. The van der Waals surface area contributed by atoms with E-state index in [2.05, 4.69) is 27.8 Å². The molecule has 0 spiro atoms. The summed E-state index contributed by atoms with van der Waals surface area (Å²) in [5, 5.41) is 15.2. The largest absolute Gasteiger partial charge is 0.466 e. The van der Waals surface area contributed by atoms with E-state index in [9.17, 15) is 22.8 Å². The van der Waals surface area contributed by atoms with Crippen LogP contribution in [0.1, 0.15) is 67.7 Å². The Morgan fingerprint density at radius 2 is 1.79 bits per heavy atom. The van der Waals surface area contributed by atoms with E-state index >= 15 is 0 Å². The number of imidazole rings is 1. The summed E-state index contributed by atoms with van der Waals surface area (Å²) in [6.45, 7) is 4.60. The van der Waals surface area contributed by atoms with Gasteiger partial charge in [0.2, 0.25) is 0 Å². The molecule has 0 aliphatic heterocycles. The Morgan fingerprint density at radius 3 is 2.43 bits per heavy atom. The minimum atomic E-state index is -3.92. The van der Waals surface area contributed by atoms with Crippen LogP contribution >= 0.6 is 0 Å². The zero-order chi connectivity index (χ0) is 38.6. The molecule has 0 fully saturated rings. The van der Waals surface area contributed by atoms with Crippen LogP contribution in [0.4, 0.5) is 16.3 Å². The molecule has 0 atom stereocenters. The van der Waals surface area contributed by atoms with Gasteiger partial charge in [0.25, 0.3) is 16.0 Å². The number of aryl methyl sites for hydroxylation is 1. The summed E-state index contributed by atoms with van der Waals surface area (Å²) < 4.78 is 39.2. The van der Waals surface area contributed by atoms with Gasteiger partial charge in [-0.1, -0.05) is 44.4 Å². The van der Waals surface area contributed by atoms with Crippen LogP contribution in [-0.2, 0) is 38.0 Å². The summed E-state index contributed by atoms with van der Waals surface area (Å²) in [6, 6.07) is 18.3. The van der Waals surface area contributed by atoms with Gasteiger partial charge in [0.15, 0.2) is 0 Å². The molecule has 0 aliphatic carbocycles. The van der Waals surface area contributed by atoms with Gasteiger partial charge in [0, 0.05) is 31.0 Å². The maximum Gasteiger partial charge on any atom is 0.427 e. The smallest absolute Gasteiger partial charge is 0.427 e.